The van der Waals surface area contributed by atoms with Gasteiger partial charge in [0.05, 0.1) is 7.11 Å². The van der Waals surface area contributed by atoms with Crippen molar-refractivity contribution < 1.29 is 4.74 Å². The normalized spacial score (nSPS) is 10.0. The van der Waals surface area contributed by atoms with E-state index in [4.69, 9.17) is 4.74 Å². The van der Waals surface area contributed by atoms with Gasteiger partial charge in [0, 0.05) is 5.56 Å². The maximum Gasteiger partial charge on any atom is 0.129 e. The summed E-state index contributed by atoms with van der Waals surface area (Å²) in [6.45, 7) is 10.2. The Morgan fingerprint density at radius 3 is 2.43 bits per heavy atom. The van der Waals surface area contributed by atoms with Gasteiger partial charge in [-0.2, -0.15) is 0 Å². The molecule has 76 valence electrons. The number of hydrogen-bond donors (Lipinski definition) is 0. The van der Waals surface area contributed by atoms with Gasteiger partial charge in [-0.15, -0.1) is 0 Å². The zero-order valence-corrected chi connectivity index (χ0v) is 9.48. The van der Waals surface area contributed by atoms with Crippen LogP contribution in [-0.4, -0.2) is 7.11 Å². The van der Waals surface area contributed by atoms with Crippen molar-refractivity contribution in [2.24, 2.45) is 0 Å². The molecule has 0 saturated carbocycles. The molecular formula is C13H18O. The summed E-state index contributed by atoms with van der Waals surface area (Å²) in [6, 6.07) is 2.19. The SMILES string of the molecule is C=Cc1c(C)cc(C)c(CC)c1OC. The third-order valence-electron chi connectivity index (χ3n) is 2.61. The molecule has 0 unspecified atom stereocenters. The minimum Gasteiger partial charge on any atom is -0.496 e. The van der Waals surface area contributed by atoms with Crippen LogP contribution < -0.4 is 4.74 Å². The molecule has 1 aromatic rings. The number of ether oxygens (including phenoxy) is 1. The van der Waals surface area contributed by atoms with E-state index in [9.17, 15) is 0 Å². The van der Waals surface area contributed by atoms with E-state index in [1.165, 1.54) is 16.7 Å². The molecule has 0 heterocycles. The summed E-state index contributed by atoms with van der Waals surface area (Å²) < 4.78 is 5.45. The highest BCUT2D eigenvalue weighted by atomic mass is 16.5. The third-order valence-corrected chi connectivity index (χ3v) is 2.61. The molecule has 1 heteroatoms. The van der Waals surface area contributed by atoms with E-state index < -0.39 is 0 Å². The van der Waals surface area contributed by atoms with Gasteiger partial charge in [-0.1, -0.05) is 25.6 Å². The van der Waals surface area contributed by atoms with E-state index in [0.29, 0.717) is 0 Å². The summed E-state index contributed by atoms with van der Waals surface area (Å²) in [6.07, 6.45) is 2.86. The van der Waals surface area contributed by atoms with Crippen molar-refractivity contribution in [2.75, 3.05) is 7.11 Å². The second-order valence-corrected chi connectivity index (χ2v) is 3.49. The molecule has 0 spiro atoms. The maximum absolute atomic E-state index is 5.45. The van der Waals surface area contributed by atoms with Crippen LogP contribution >= 0.6 is 0 Å². The van der Waals surface area contributed by atoms with Crippen LogP contribution in [-0.2, 0) is 6.42 Å². The fourth-order valence-electron chi connectivity index (χ4n) is 1.94. The van der Waals surface area contributed by atoms with Crippen LogP contribution in [0.4, 0.5) is 0 Å². The molecule has 14 heavy (non-hydrogen) atoms. The molecule has 0 aliphatic rings. The Labute approximate surface area is 86.4 Å². The molecule has 0 bridgehead atoms. The van der Waals surface area contributed by atoms with E-state index in [-0.39, 0.29) is 0 Å². The highest BCUT2D eigenvalue weighted by Crippen LogP contribution is 2.31. The lowest BCUT2D eigenvalue weighted by molar-refractivity contribution is 0.408. The summed E-state index contributed by atoms with van der Waals surface area (Å²) in [5.41, 5.74) is 4.93. The average molecular weight is 190 g/mol. The van der Waals surface area contributed by atoms with Crippen LogP contribution in [0, 0.1) is 13.8 Å². The second-order valence-electron chi connectivity index (χ2n) is 3.49. The molecule has 0 fully saturated rings. The molecule has 0 atom stereocenters. The van der Waals surface area contributed by atoms with Gasteiger partial charge < -0.3 is 4.74 Å². The van der Waals surface area contributed by atoms with Crippen LogP contribution in [0.2, 0.25) is 0 Å². The van der Waals surface area contributed by atoms with Gasteiger partial charge in [-0.05, 0) is 37.0 Å². The van der Waals surface area contributed by atoms with Gasteiger partial charge in [-0.3, -0.25) is 0 Å². The zero-order valence-electron chi connectivity index (χ0n) is 9.48. The summed E-state index contributed by atoms with van der Waals surface area (Å²) in [4.78, 5) is 0. The molecule has 0 N–H and O–H groups in total. The minimum absolute atomic E-state index is 0.986. The summed E-state index contributed by atoms with van der Waals surface area (Å²) in [5.74, 6) is 0.986. The molecule has 1 nitrogen and oxygen atoms in total. The molecule has 0 amide bonds. The first-order valence-electron chi connectivity index (χ1n) is 4.95. The molecular weight excluding hydrogens is 172 g/mol. The predicted molar refractivity (Wildman–Crippen MR) is 61.9 cm³/mol. The molecule has 1 aromatic carbocycles. The highest BCUT2D eigenvalue weighted by Gasteiger charge is 2.11. The van der Waals surface area contributed by atoms with Crippen molar-refractivity contribution in [3.8, 4) is 5.75 Å². The van der Waals surface area contributed by atoms with Gasteiger partial charge in [0.15, 0.2) is 0 Å². The van der Waals surface area contributed by atoms with Crippen LogP contribution in [0.15, 0.2) is 12.6 Å². The lowest BCUT2D eigenvalue weighted by Gasteiger charge is -2.15. The van der Waals surface area contributed by atoms with E-state index >= 15 is 0 Å². The van der Waals surface area contributed by atoms with Crippen molar-refractivity contribution in [2.45, 2.75) is 27.2 Å². The minimum atomic E-state index is 0.986. The Morgan fingerprint density at radius 2 is 2.00 bits per heavy atom. The van der Waals surface area contributed by atoms with Crippen LogP contribution in [0.3, 0.4) is 0 Å². The van der Waals surface area contributed by atoms with Gasteiger partial charge >= 0.3 is 0 Å². The van der Waals surface area contributed by atoms with Crippen molar-refractivity contribution in [1.29, 1.82) is 0 Å². The Kier molecular flexibility index (Phi) is 3.34. The first-order chi connectivity index (χ1) is 6.65. The number of benzene rings is 1. The number of aryl methyl sites for hydroxylation is 2. The lowest BCUT2D eigenvalue weighted by Crippen LogP contribution is -1.98. The molecule has 0 saturated heterocycles. The van der Waals surface area contributed by atoms with Crippen LogP contribution in [0.1, 0.15) is 29.2 Å². The zero-order chi connectivity index (χ0) is 10.7. The lowest BCUT2D eigenvalue weighted by atomic mass is 9.96. The topological polar surface area (TPSA) is 9.23 Å². The molecule has 1 rings (SSSR count). The van der Waals surface area contributed by atoms with E-state index in [1.54, 1.807) is 7.11 Å². The predicted octanol–water partition coefficient (Wildman–Crippen LogP) is 3.52. The van der Waals surface area contributed by atoms with Crippen LogP contribution in [0.5, 0.6) is 5.75 Å². The van der Waals surface area contributed by atoms with Gasteiger partial charge in [-0.25, -0.2) is 0 Å². The van der Waals surface area contributed by atoms with Gasteiger partial charge in [0.1, 0.15) is 5.75 Å². The highest BCUT2D eigenvalue weighted by molar-refractivity contribution is 5.64. The van der Waals surface area contributed by atoms with Gasteiger partial charge in [0.2, 0.25) is 0 Å². The number of rotatable bonds is 3. The fourth-order valence-corrected chi connectivity index (χ4v) is 1.94. The maximum atomic E-state index is 5.45. The van der Waals surface area contributed by atoms with E-state index in [0.717, 1.165) is 17.7 Å². The molecule has 0 aliphatic carbocycles. The molecule has 0 aliphatic heterocycles. The number of hydrogen-bond acceptors (Lipinski definition) is 1. The summed E-state index contributed by atoms with van der Waals surface area (Å²) >= 11 is 0. The average Bonchev–Trinajstić information content (AvgIpc) is 2.16. The fraction of sp³-hybridized carbons (Fsp3) is 0.385. The third kappa shape index (κ3) is 1.67. The second kappa shape index (κ2) is 4.32. The van der Waals surface area contributed by atoms with E-state index in [1.807, 2.05) is 6.08 Å². The molecule has 0 aromatic heterocycles. The molecule has 0 radical (unpaired) electrons. The standard InChI is InChI=1S/C13H18O/c1-6-11-9(3)8-10(4)12(7-2)13(11)14-5/h6,8H,1,7H2,2-5H3. The van der Waals surface area contributed by atoms with Crippen LogP contribution in [0.25, 0.3) is 6.08 Å². The Morgan fingerprint density at radius 1 is 1.36 bits per heavy atom. The van der Waals surface area contributed by atoms with Crippen molar-refractivity contribution >= 4 is 6.08 Å². The smallest absolute Gasteiger partial charge is 0.129 e. The summed E-state index contributed by atoms with van der Waals surface area (Å²) in [7, 11) is 1.72. The largest absolute Gasteiger partial charge is 0.496 e. The first kappa shape index (κ1) is 10.8. The Balaban J connectivity index is 3.50. The van der Waals surface area contributed by atoms with E-state index in [2.05, 4.69) is 33.4 Å². The van der Waals surface area contributed by atoms with Gasteiger partial charge in [0.25, 0.3) is 0 Å². The Bertz CT molecular complexity index is 351. The Hall–Kier alpha value is -1.24. The quantitative estimate of drug-likeness (QED) is 0.708. The summed E-state index contributed by atoms with van der Waals surface area (Å²) in [5, 5.41) is 0. The van der Waals surface area contributed by atoms with Crippen molar-refractivity contribution in [3.05, 3.63) is 34.9 Å². The monoisotopic (exact) mass is 190 g/mol. The van der Waals surface area contributed by atoms with Crippen molar-refractivity contribution in [3.63, 3.8) is 0 Å². The van der Waals surface area contributed by atoms with Crippen molar-refractivity contribution in [1.82, 2.24) is 0 Å². The number of methoxy groups -OCH3 is 1. The first-order valence-corrected chi connectivity index (χ1v) is 4.95.